The molecule has 1 heterocycles. The Balaban J connectivity index is 0.00000264. The van der Waals surface area contributed by atoms with Crippen LogP contribution in [0.1, 0.15) is 23.9 Å². The van der Waals surface area contributed by atoms with E-state index < -0.39 is 12.0 Å². The maximum Gasteiger partial charge on any atom is 0.313 e. The van der Waals surface area contributed by atoms with Gasteiger partial charge in [0.05, 0.1) is 7.11 Å². The SMILES string of the molecule is COC(=O)Cc1nc(NC(=O)CC(N)c2ccccc2)n[nH]1.Cl. The van der Waals surface area contributed by atoms with Crippen LogP contribution in [0, 0.1) is 0 Å². The van der Waals surface area contributed by atoms with Gasteiger partial charge >= 0.3 is 5.97 Å². The molecule has 0 bridgehead atoms. The predicted octanol–water partition coefficient (Wildman–Crippen LogP) is 0.971. The summed E-state index contributed by atoms with van der Waals surface area (Å²) in [5.41, 5.74) is 6.84. The molecule has 0 aliphatic carbocycles. The van der Waals surface area contributed by atoms with E-state index in [1.54, 1.807) is 0 Å². The van der Waals surface area contributed by atoms with Crippen molar-refractivity contribution < 1.29 is 14.3 Å². The number of nitrogens with zero attached hydrogens (tertiary/aromatic N) is 2. The zero-order valence-electron chi connectivity index (χ0n) is 12.5. The Morgan fingerprint density at radius 3 is 2.70 bits per heavy atom. The number of anilines is 1. The molecule has 0 radical (unpaired) electrons. The molecule has 2 aromatic rings. The molecule has 0 saturated heterocycles. The van der Waals surface area contributed by atoms with Gasteiger partial charge in [-0.1, -0.05) is 30.3 Å². The van der Waals surface area contributed by atoms with E-state index in [0.717, 1.165) is 5.56 Å². The number of aromatic nitrogens is 3. The quantitative estimate of drug-likeness (QED) is 0.674. The summed E-state index contributed by atoms with van der Waals surface area (Å²) in [6.07, 6.45) is 0.0633. The van der Waals surface area contributed by atoms with Gasteiger partial charge in [0.1, 0.15) is 12.2 Å². The van der Waals surface area contributed by atoms with Crippen molar-refractivity contribution in [3.8, 4) is 0 Å². The van der Waals surface area contributed by atoms with Crippen LogP contribution in [-0.4, -0.2) is 34.2 Å². The largest absolute Gasteiger partial charge is 0.469 e. The van der Waals surface area contributed by atoms with Gasteiger partial charge in [0.15, 0.2) is 0 Å². The highest BCUT2D eigenvalue weighted by Crippen LogP contribution is 2.14. The third-order valence-electron chi connectivity index (χ3n) is 2.96. The van der Waals surface area contributed by atoms with Gasteiger partial charge in [-0.2, -0.15) is 4.98 Å². The van der Waals surface area contributed by atoms with Crippen molar-refractivity contribution in [2.75, 3.05) is 12.4 Å². The zero-order chi connectivity index (χ0) is 15.9. The lowest BCUT2D eigenvalue weighted by Crippen LogP contribution is -2.21. The van der Waals surface area contributed by atoms with Crippen molar-refractivity contribution in [3.63, 3.8) is 0 Å². The topological polar surface area (TPSA) is 123 Å². The molecule has 0 fully saturated rings. The lowest BCUT2D eigenvalue weighted by atomic mass is 10.0. The van der Waals surface area contributed by atoms with Crippen LogP contribution < -0.4 is 11.1 Å². The Morgan fingerprint density at radius 1 is 1.35 bits per heavy atom. The van der Waals surface area contributed by atoms with Gasteiger partial charge in [-0.05, 0) is 5.56 Å². The second-order valence-corrected chi connectivity index (χ2v) is 4.63. The van der Waals surface area contributed by atoms with Gasteiger partial charge in [-0.3, -0.25) is 20.0 Å². The van der Waals surface area contributed by atoms with Gasteiger partial charge in [0.2, 0.25) is 11.9 Å². The number of H-pyrrole nitrogens is 1. The van der Waals surface area contributed by atoms with Crippen molar-refractivity contribution >= 4 is 30.2 Å². The van der Waals surface area contributed by atoms with E-state index in [1.807, 2.05) is 30.3 Å². The smallest absolute Gasteiger partial charge is 0.313 e. The van der Waals surface area contributed by atoms with E-state index in [0.29, 0.717) is 5.82 Å². The van der Waals surface area contributed by atoms with Crippen LogP contribution in [0.15, 0.2) is 30.3 Å². The number of hydrogen-bond donors (Lipinski definition) is 3. The predicted molar refractivity (Wildman–Crippen MR) is 86.0 cm³/mol. The molecule has 0 aliphatic heterocycles. The van der Waals surface area contributed by atoms with Crippen LogP contribution in [0.5, 0.6) is 0 Å². The maximum absolute atomic E-state index is 11.9. The molecular weight excluding hydrogens is 322 g/mol. The van der Waals surface area contributed by atoms with E-state index in [-0.39, 0.29) is 37.1 Å². The number of nitrogens with one attached hydrogen (secondary N) is 2. The van der Waals surface area contributed by atoms with Gasteiger partial charge in [0.25, 0.3) is 0 Å². The maximum atomic E-state index is 11.9. The fourth-order valence-electron chi connectivity index (χ4n) is 1.83. The molecule has 1 unspecified atom stereocenters. The molecule has 23 heavy (non-hydrogen) atoms. The van der Waals surface area contributed by atoms with Crippen LogP contribution in [-0.2, 0) is 20.7 Å². The molecule has 1 amide bonds. The highest BCUT2D eigenvalue weighted by Gasteiger charge is 2.14. The fraction of sp³-hybridized carbons (Fsp3) is 0.286. The summed E-state index contributed by atoms with van der Waals surface area (Å²) < 4.78 is 4.52. The first-order chi connectivity index (χ1) is 10.6. The van der Waals surface area contributed by atoms with E-state index in [4.69, 9.17) is 5.73 Å². The Morgan fingerprint density at radius 2 is 2.04 bits per heavy atom. The number of rotatable bonds is 6. The second kappa shape index (κ2) is 8.86. The minimum absolute atomic E-state index is 0. The summed E-state index contributed by atoms with van der Waals surface area (Å²) in [6, 6.07) is 8.92. The minimum atomic E-state index is -0.444. The fourth-order valence-corrected chi connectivity index (χ4v) is 1.83. The highest BCUT2D eigenvalue weighted by molar-refractivity contribution is 5.89. The van der Waals surface area contributed by atoms with Gasteiger partial charge in [-0.25, -0.2) is 0 Å². The molecule has 0 spiro atoms. The minimum Gasteiger partial charge on any atom is -0.469 e. The number of carbonyl (C=O) groups excluding carboxylic acids is 2. The van der Waals surface area contributed by atoms with Crippen molar-refractivity contribution in [2.45, 2.75) is 18.9 Å². The number of benzene rings is 1. The number of esters is 1. The standard InChI is InChI=1S/C14H17N5O3.ClH/c1-22-13(21)8-11-16-14(19-18-11)17-12(20)7-10(15)9-5-3-2-4-6-9;/h2-6,10H,7-8,15H2,1H3,(H2,16,17,18,19,20);1H. The summed E-state index contributed by atoms with van der Waals surface area (Å²) in [5, 5.41) is 8.89. The normalized spacial score (nSPS) is 11.2. The van der Waals surface area contributed by atoms with Crippen molar-refractivity contribution in [2.24, 2.45) is 5.73 Å². The molecule has 4 N–H and O–H groups in total. The number of hydrogen-bond acceptors (Lipinski definition) is 6. The Kier molecular flexibility index (Phi) is 7.17. The summed E-state index contributed by atoms with van der Waals surface area (Å²) in [4.78, 5) is 27.0. The van der Waals surface area contributed by atoms with Gasteiger partial charge < -0.3 is 10.5 Å². The first-order valence-corrected chi connectivity index (χ1v) is 6.67. The number of ether oxygens (including phenoxy) is 1. The summed E-state index contributed by atoms with van der Waals surface area (Å²) in [6.45, 7) is 0. The van der Waals surface area contributed by atoms with Crippen LogP contribution >= 0.6 is 12.4 Å². The first kappa shape index (κ1) is 18.6. The van der Waals surface area contributed by atoms with E-state index in [1.165, 1.54) is 7.11 Å². The molecule has 124 valence electrons. The zero-order valence-corrected chi connectivity index (χ0v) is 13.3. The average molecular weight is 340 g/mol. The number of methoxy groups -OCH3 is 1. The van der Waals surface area contributed by atoms with Crippen LogP contribution in [0.3, 0.4) is 0 Å². The average Bonchev–Trinajstić information content (AvgIpc) is 2.94. The number of halogens is 1. The lowest BCUT2D eigenvalue weighted by molar-refractivity contribution is -0.139. The molecular formula is C14H18ClN5O3. The molecule has 1 aromatic carbocycles. The van der Waals surface area contributed by atoms with Crippen molar-refractivity contribution in [1.82, 2.24) is 15.2 Å². The molecule has 0 aliphatic rings. The number of amides is 1. The first-order valence-electron chi connectivity index (χ1n) is 6.67. The summed E-state index contributed by atoms with van der Waals surface area (Å²) >= 11 is 0. The van der Waals surface area contributed by atoms with E-state index in [9.17, 15) is 9.59 Å². The van der Waals surface area contributed by atoms with E-state index in [2.05, 4.69) is 25.2 Å². The van der Waals surface area contributed by atoms with Crippen LogP contribution in [0.2, 0.25) is 0 Å². The number of carbonyl (C=O) groups is 2. The van der Waals surface area contributed by atoms with Crippen molar-refractivity contribution in [3.05, 3.63) is 41.7 Å². The van der Waals surface area contributed by atoms with E-state index >= 15 is 0 Å². The van der Waals surface area contributed by atoms with Gasteiger partial charge in [-0.15, -0.1) is 17.5 Å². The second-order valence-electron chi connectivity index (χ2n) is 4.63. The Hall–Kier alpha value is -2.45. The third-order valence-corrected chi connectivity index (χ3v) is 2.96. The Bertz CT molecular complexity index is 647. The number of aromatic amines is 1. The van der Waals surface area contributed by atoms with Crippen molar-refractivity contribution in [1.29, 1.82) is 0 Å². The molecule has 1 atom stereocenters. The molecule has 1 aromatic heterocycles. The Labute approximate surface area is 139 Å². The molecule has 0 saturated carbocycles. The highest BCUT2D eigenvalue weighted by atomic mass is 35.5. The third kappa shape index (κ3) is 5.68. The van der Waals surface area contributed by atoms with Crippen LogP contribution in [0.4, 0.5) is 5.95 Å². The molecule has 2 rings (SSSR count). The molecule has 9 heteroatoms. The summed E-state index contributed by atoms with van der Waals surface area (Å²) in [7, 11) is 1.28. The molecule has 8 nitrogen and oxygen atoms in total. The van der Waals surface area contributed by atoms with Crippen LogP contribution in [0.25, 0.3) is 0 Å². The summed E-state index contributed by atoms with van der Waals surface area (Å²) in [5.74, 6) is -0.334. The lowest BCUT2D eigenvalue weighted by Gasteiger charge is -2.10. The number of nitrogens with two attached hydrogens (primary N) is 1. The van der Waals surface area contributed by atoms with Gasteiger partial charge in [0, 0.05) is 12.5 Å². The monoisotopic (exact) mass is 339 g/mol.